The number of ether oxygens (including phenoxy) is 1. The molecule has 0 bridgehead atoms. The van der Waals surface area contributed by atoms with E-state index in [-0.39, 0.29) is 12.4 Å². The zero-order chi connectivity index (χ0) is 12.8. The lowest BCUT2D eigenvalue weighted by molar-refractivity contribution is 0.0419. The molecule has 1 rings (SSSR count). The van der Waals surface area contributed by atoms with Crippen molar-refractivity contribution in [3.8, 4) is 0 Å². The summed E-state index contributed by atoms with van der Waals surface area (Å²) in [4.78, 5) is 1.89. The lowest BCUT2D eigenvalue weighted by atomic mass is 10.2. The zero-order valence-corrected chi connectivity index (χ0v) is 10.2. The van der Waals surface area contributed by atoms with E-state index < -0.39 is 6.10 Å². The molecule has 1 unspecified atom stereocenters. The summed E-state index contributed by atoms with van der Waals surface area (Å²) < 4.78 is 17.9. The zero-order valence-electron chi connectivity index (χ0n) is 10.2. The van der Waals surface area contributed by atoms with Gasteiger partial charge in [0.25, 0.3) is 0 Å². The molecule has 4 nitrogen and oxygen atoms in total. The Kier molecular flexibility index (Phi) is 5.34. The van der Waals surface area contributed by atoms with Crippen LogP contribution in [0.25, 0.3) is 0 Å². The first-order valence-electron chi connectivity index (χ1n) is 5.41. The Morgan fingerprint density at radius 1 is 1.47 bits per heavy atom. The van der Waals surface area contributed by atoms with E-state index in [1.54, 1.807) is 6.07 Å². The highest BCUT2D eigenvalue weighted by molar-refractivity contribution is 5.41. The van der Waals surface area contributed by atoms with Gasteiger partial charge in [-0.25, -0.2) is 4.39 Å². The summed E-state index contributed by atoms with van der Waals surface area (Å²) in [7, 11) is 3.39. The van der Waals surface area contributed by atoms with Crippen LogP contribution in [0.2, 0.25) is 0 Å². The lowest BCUT2D eigenvalue weighted by Crippen LogP contribution is -2.31. The van der Waals surface area contributed by atoms with Crippen LogP contribution in [0.15, 0.2) is 18.2 Å². The second-order valence-electron chi connectivity index (χ2n) is 4.20. The average Bonchev–Trinajstić information content (AvgIpc) is 2.14. The van der Waals surface area contributed by atoms with Crippen molar-refractivity contribution in [2.75, 3.05) is 33.0 Å². The lowest BCUT2D eigenvalue weighted by Gasteiger charge is -2.20. The van der Waals surface area contributed by atoms with Crippen LogP contribution >= 0.6 is 0 Å². The number of hydrogen-bond donors (Lipinski definition) is 2. The number of nitrogen functional groups attached to an aromatic ring is 1. The van der Waals surface area contributed by atoms with Crippen molar-refractivity contribution >= 4 is 5.69 Å². The van der Waals surface area contributed by atoms with E-state index in [1.807, 2.05) is 11.9 Å². The van der Waals surface area contributed by atoms with Crippen LogP contribution in [0.1, 0.15) is 5.56 Å². The van der Waals surface area contributed by atoms with Crippen molar-refractivity contribution in [1.29, 1.82) is 0 Å². The monoisotopic (exact) mass is 242 g/mol. The van der Waals surface area contributed by atoms with Crippen LogP contribution in [0.5, 0.6) is 0 Å². The van der Waals surface area contributed by atoms with Crippen LogP contribution in [0.3, 0.4) is 0 Å². The largest absolute Gasteiger partial charge is 0.399 e. The van der Waals surface area contributed by atoms with Gasteiger partial charge < -0.3 is 15.6 Å². The molecule has 0 heterocycles. The third kappa shape index (κ3) is 5.12. The molecule has 0 aromatic heterocycles. The molecule has 3 N–H and O–H groups in total. The fourth-order valence-electron chi connectivity index (χ4n) is 1.75. The van der Waals surface area contributed by atoms with Gasteiger partial charge in [-0.15, -0.1) is 0 Å². The predicted molar refractivity (Wildman–Crippen MR) is 65.0 cm³/mol. The number of benzene rings is 1. The number of halogens is 1. The van der Waals surface area contributed by atoms with Crippen LogP contribution in [-0.2, 0) is 11.3 Å². The third-order valence-electron chi connectivity index (χ3n) is 2.31. The summed E-state index contributed by atoms with van der Waals surface area (Å²) in [5.41, 5.74) is 6.75. The number of hydrogen-bond acceptors (Lipinski definition) is 4. The highest BCUT2D eigenvalue weighted by Gasteiger charge is 2.09. The number of methoxy groups -OCH3 is 1. The van der Waals surface area contributed by atoms with Crippen molar-refractivity contribution in [2.45, 2.75) is 12.6 Å². The molecule has 0 aliphatic heterocycles. The Hall–Kier alpha value is -1.17. The minimum atomic E-state index is -0.545. The molecule has 17 heavy (non-hydrogen) atoms. The molecule has 0 spiro atoms. The summed E-state index contributed by atoms with van der Waals surface area (Å²) in [6.45, 7) is 1.28. The fourth-order valence-corrected chi connectivity index (χ4v) is 1.75. The SMILES string of the molecule is COCC(O)CN(C)Cc1cc(N)cc(F)c1. The number of nitrogens with two attached hydrogens (primary N) is 1. The van der Waals surface area contributed by atoms with Crippen LogP contribution in [0, 0.1) is 5.82 Å². The van der Waals surface area contributed by atoms with E-state index in [0.717, 1.165) is 5.56 Å². The Morgan fingerprint density at radius 3 is 2.76 bits per heavy atom. The van der Waals surface area contributed by atoms with E-state index in [2.05, 4.69) is 0 Å². The normalized spacial score (nSPS) is 13.0. The number of likely N-dealkylation sites (N-methyl/N-ethyl adjacent to an activating group) is 1. The maximum atomic E-state index is 13.1. The van der Waals surface area contributed by atoms with Crippen LogP contribution < -0.4 is 5.73 Å². The Morgan fingerprint density at radius 2 is 2.18 bits per heavy atom. The van der Waals surface area contributed by atoms with Gasteiger partial charge in [0.15, 0.2) is 0 Å². The summed E-state index contributed by atoms with van der Waals surface area (Å²) >= 11 is 0. The molecule has 1 aromatic carbocycles. The minimum Gasteiger partial charge on any atom is -0.399 e. The van der Waals surface area contributed by atoms with Crippen molar-refractivity contribution in [1.82, 2.24) is 4.90 Å². The van der Waals surface area contributed by atoms with Crippen molar-refractivity contribution < 1.29 is 14.2 Å². The second-order valence-corrected chi connectivity index (χ2v) is 4.20. The van der Waals surface area contributed by atoms with E-state index in [9.17, 15) is 9.50 Å². The average molecular weight is 242 g/mol. The first kappa shape index (κ1) is 13.9. The number of nitrogens with zero attached hydrogens (tertiary/aromatic N) is 1. The number of aliphatic hydroxyl groups excluding tert-OH is 1. The van der Waals surface area contributed by atoms with Gasteiger partial charge in [-0.1, -0.05) is 0 Å². The van der Waals surface area contributed by atoms with Crippen LogP contribution in [0.4, 0.5) is 10.1 Å². The molecule has 1 aromatic rings. The number of rotatable bonds is 6. The minimum absolute atomic E-state index is 0.287. The molecule has 0 aliphatic rings. The number of aliphatic hydroxyl groups is 1. The highest BCUT2D eigenvalue weighted by Crippen LogP contribution is 2.12. The summed E-state index contributed by atoms with van der Waals surface area (Å²) in [6.07, 6.45) is -0.545. The smallest absolute Gasteiger partial charge is 0.125 e. The molecule has 0 saturated carbocycles. The van der Waals surface area contributed by atoms with Gasteiger partial charge >= 0.3 is 0 Å². The molecule has 0 saturated heterocycles. The molecular weight excluding hydrogens is 223 g/mol. The summed E-state index contributed by atoms with van der Waals surface area (Å²) in [5, 5.41) is 9.54. The Balaban J connectivity index is 2.52. The second kappa shape index (κ2) is 6.54. The Bertz CT molecular complexity index is 340. The molecule has 0 fully saturated rings. The first-order chi connectivity index (χ1) is 8.01. The van der Waals surface area contributed by atoms with Crippen molar-refractivity contribution in [2.24, 2.45) is 0 Å². The van der Waals surface area contributed by atoms with E-state index in [1.165, 1.54) is 19.2 Å². The van der Waals surface area contributed by atoms with Gasteiger partial charge in [0, 0.05) is 25.9 Å². The Labute approximate surface area is 101 Å². The van der Waals surface area contributed by atoms with Gasteiger partial charge in [0.1, 0.15) is 5.82 Å². The fraction of sp³-hybridized carbons (Fsp3) is 0.500. The number of anilines is 1. The predicted octanol–water partition coefficient (Wildman–Crippen LogP) is 0.847. The van der Waals surface area contributed by atoms with Crippen LogP contribution in [-0.4, -0.2) is 43.4 Å². The van der Waals surface area contributed by atoms with E-state index in [0.29, 0.717) is 18.8 Å². The van der Waals surface area contributed by atoms with Gasteiger partial charge in [-0.2, -0.15) is 0 Å². The third-order valence-corrected chi connectivity index (χ3v) is 2.31. The highest BCUT2D eigenvalue weighted by atomic mass is 19.1. The molecule has 1 atom stereocenters. The molecule has 0 amide bonds. The molecule has 0 aliphatic carbocycles. The standard InChI is InChI=1S/C12H19FN2O2/c1-15(7-12(16)8-17-2)6-9-3-10(13)5-11(14)4-9/h3-5,12,16H,6-8,14H2,1-2H3. The van der Waals surface area contributed by atoms with Gasteiger partial charge in [-0.3, -0.25) is 4.90 Å². The maximum absolute atomic E-state index is 13.1. The van der Waals surface area contributed by atoms with Crippen molar-refractivity contribution in [3.63, 3.8) is 0 Å². The molecular formula is C12H19FN2O2. The summed E-state index contributed by atoms with van der Waals surface area (Å²) in [5.74, 6) is -0.342. The van der Waals surface area contributed by atoms with Gasteiger partial charge in [-0.05, 0) is 30.8 Å². The van der Waals surface area contributed by atoms with Crippen molar-refractivity contribution in [3.05, 3.63) is 29.6 Å². The molecule has 96 valence electrons. The first-order valence-corrected chi connectivity index (χ1v) is 5.41. The van der Waals surface area contributed by atoms with E-state index >= 15 is 0 Å². The topological polar surface area (TPSA) is 58.7 Å². The maximum Gasteiger partial charge on any atom is 0.125 e. The summed E-state index contributed by atoms with van der Waals surface area (Å²) in [6, 6.07) is 4.45. The molecule has 5 heteroatoms. The molecule has 0 radical (unpaired) electrons. The van der Waals surface area contributed by atoms with Gasteiger partial charge in [0.05, 0.1) is 12.7 Å². The van der Waals surface area contributed by atoms with Gasteiger partial charge in [0.2, 0.25) is 0 Å². The quantitative estimate of drug-likeness (QED) is 0.726. The van der Waals surface area contributed by atoms with E-state index in [4.69, 9.17) is 10.5 Å².